The summed E-state index contributed by atoms with van der Waals surface area (Å²) in [5.74, 6) is 0.406. The van der Waals surface area contributed by atoms with Crippen LogP contribution in [-0.2, 0) is 10.2 Å². The van der Waals surface area contributed by atoms with Crippen LogP contribution < -0.4 is 0 Å². The van der Waals surface area contributed by atoms with Gasteiger partial charge in [0, 0.05) is 17.8 Å². The van der Waals surface area contributed by atoms with Crippen LogP contribution in [0.5, 0.6) is 0 Å². The van der Waals surface area contributed by atoms with E-state index in [1.165, 1.54) is 6.07 Å². The maximum atomic E-state index is 13.5. The zero-order chi connectivity index (χ0) is 9.76. The molecule has 0 amide bonds. The van der Waals surface area contributed by atoms with E-state index < -0.39 is 0 Å². The van der Waals surface area contributed by atoms with Crippen molar-refractivity contribution in [2.24, 2.45) is 5.92 Å². The van der Waals surface area contributed by atoms with Gasteiger partial charge in [0.25, 0.3) is 0 Å². The van der Waals surface area contributed by atoms with E-state index in [9.17, 15) is 9.18 Å². The molecule has 0 radical (unpaired) electrons. The molecular weight excluding hydrogens is 179 g/mol. The number of carbonyl (C=O) groups is 1. The number of benzene rings is 1. The fourth-order valence-electron chi connectivity index (χ4n) is 2.94. The Kier molecular flexibility index (Phi) is 1.42. The van der Waals surface area contributed by atoms with Gasteiger partial charge in [-0.2, -0.15) is 0 Å². The van der Waals surface area contributed by atoms with Gasteiger partial charge in [-0.05, 0) is 24.5 Å². The van der Waals surface area contributed by atoms with Crippen molar-refractivity contribution in [2.75, 3.05) is 0 Å². The van der Waals surface area contributed by atoms with E-state index in [0.717, 1.165) is 18.4 Å². The Labute approximate surface area is 81.9 Å². The Morgan fingerprint density at radius 3 is 2.57 bits per heavy atom. The fraction of sp³-hybridized carbons (Fsp3) is 0.417. The maximum absolute atomic E-state index is 13.5. The van der Waals surface area contributed by atoms with Crippen LogP contribution in [0.4, 0.5) is 4.39 Å². The first-order chi connectivity index (χ1) is 6.71. The molecule has 4 rings (SSSR count). The van der Waals surface area contributed by atoms with E-state index in [4.69, 9.17) is 0 Å². The molecular formula is C12H11FO. The van der Waals surface area contributed by atoms with Crippen LogP contribution in [0.2, 0.25) is 0 Å². The van der Waals surface area contributed by atoms with Gasteiger partial charge in [0.15, 0.2) is 0 Å². The van der Waals surface area contributed by atoms with E-state index in [-0.39, 0.29) is 17.2 Å². The molecule has 0 heterocycles. The van der Waals surface area contributed by atoms with Crippen molar-refractivity contribution in [3.05, 3.63) is 35.6 Å². The van der Waals surface area contributed by atoms with Gasteiger partial charge in [-0.3, -0.25) is 4.79 Å². The SMILES string of the molecule is O=C1CC2(c3ccccc3F)CC1C2. The molecule has 14 heavy (non-hydrogen) atoms. The molecule has 1 aromatic carbocycles. The maximum Gasteiger partial charge on any atom is 0.136 e. The molecule has 0 aromatic heterocycles. The summed E-state index contributed by atoms with van der Waals surface area (Å²) >= 11 is 0. The smallest absolute Gasteiger partial charge is 0.136 e. The zero-order valence-electron chi connectivity index (χ0n) is 7.79. The van der Waals surface area contributed by atoms with E-state index >= 15 is 0 Å². The van der Waals surface area contributed by atoms with Crippen LogP contribution >= 0.6 is 0 Å². The molecule has 0 unspecified atom stereocenters. The summed E-state index contributed by atoms with van der Waals surface area (Å²) in [6.45, 7) is 0. The third kappa shape index (κ3) is 0.861. The summed E-state index contributed by atoms with van der Waals surface area (Å²) < 4.78 is 13.5. The summed E-state index contributed by atoms with van der Waals surface area (Å²) in [4.78, 5) is 11.4. The quantitative estimate of drug-likeness (QED) is 0.664. The van der Waals surface area contributed by atoms with Gasteiger partial charge < -0.3 is 0 Å². The Balaban J connectivity index is 2.05. The second kappa shape index (κ2) is 2.44. The summed E-state index contributed by atoms with van der Waals surface area (Å²) in [5, 5.41) is 0. The van der Waals surface area contributed by atoms with Crippen molar-refractivity contribution in [3.63, 3.8) is 0 Å². The Hall–Kier alpha value is -1.18. The first-order valence-corrected chi connectivity index (χ1v) is 4.99. The second-order valence-electron chi connectivity index (χ2n) is 4.51. The molecule has 2 heteroatoms. The molecule has 3 aliphatic rings. The number of Topliss-reactive ketones (excluding diaryl/α,β-unsaturated/α-hetero) is 1. The molecule has 0 N–H and O–H groups in total. The highest BCUT2D eigenvalue weighted by Crippen LogP contribution is 2.58. The lowest BCUT2D eigenvalue weighted by Gasteiger charge is -2.37. The monoisotopic (exact) mass is 190 g/mol. The molecule has 1 nitrogen and oxygen atoms in total. The molecule has 0 saturated heterocycles. The number of ketones is 1. The predicted molar refractivity (Wildman–Crippen MR) is 50.4 cm³/mol. The normalized spacial score (nSPS) is 34.4. The average Bonchev–Trinajstić information content (AvgIpc) is 2.57. The van der Waals surface area contributed by atoms with Crippen LogP contribution in [0.1, 0.15) is 24.8 Å². The highest BCUT2D eigenvalue weighted by atomic mass is 19.1. The van der Waals surface area contributed by atoms with Crippen molar-refractivity contribution < 1.29 is 9.18 Å². The van der Waals surface area contributed by atoms with Crippen LogP contribution in [-0.4, -0.2) is 5.78 Å². The molecule has 0 aliphatic heterocycles. The minimum atomic E-state index is -0.152. The molecule has 0 atom stereocenters. The first kappa shape index (κ1) is 8.16. The van der Waals surface area contributed by atoms with Gasteiger partial charge in [-0.1, -0.05) is 18.2 Å². The van der Waals surface area contributed by atoms with E-state index in [2.05, 4.69) is 0 Å². The van der Waals surface area contributed by atoms with Gasteiger partial charge in [0.2, 0.25) is 0 Å². The summed E-state index contributed by atoms with van der Waals surface area (Å²) in [6, 6.07) is 6.86. The van der Waals surface area contributed by atoms with Crippen LogP contribution in [0.3, 0.4) is 0 Å². The van der Waals surface area contributed by atoms with Crippen molar-refractivity contribution in [1.29, 1.82) is 0 Å². The molecule has 0 spiro atoms. The Morgan fingerprint density at radius 1 is 1.29 bits per heavy atom. The van der Waals surface area contributed by atoms with Gasteiger partial charge >= 0.3 is 0 Å². The molecule has 2 bridgehead atoms. The Morgan fingerprint density at radius 2 is 2.00 bits per heavy atom. The summed E-state index contributed by atoms with van der Waals surface area (Å²) in [5.41, 5.74) is 0.620. The molecule has 3 saturated carbocycles. The average molecular weight is 190 g/mol. The standard InChI is InChI=1S/C12H11FO/c13-10-4-2-1-3-9(10)12-5-8(6-12)11(14)7-12/h1-4,8H,5-7H2. The van der Waals surface area contributed by atoms with E-state index in [1.807, 2.05) is 12.1 Å². The molecule has 3 fully saturated rings. The number of rotatable bonds is 1. The van der Waals surface area contributed by atoms with Gasteiger partial charge in [0.05, 0.1) is 0 Å². The summed E-state index contributed by atoms with van der Waals surface area (Å²) in [6.07, 6.45) is 2.29. The largest absolute Gasteiger partial charge is 0.299 e. The number of hydrogen-bond donors (Lipinski definition) is 0. The zero-order valence-corrected chi connectivity index (χ0v) is 7.79. The van der Waals surface area contributed by atoms with Gasteiger partial charge in [-0.15, -0.1) is 0 Å². The number of hydrogen-bond acceptors (Lipinski definition) is 1. The molecule has 1 aromatic rings. The lowest BCUT2D eigenvalue weighted by molar-refractivity contribution is -0.119. The van der Waals surface area contributed by atoms with Crippen LogP contribution in [0.25, 0.3) is 0 Å². The van der Waals surface area contributed by atoms with Crippen molar-refractivity contribution >= 4 is 5.78 Å². The number of fused-ring (bicyclic) bond motifs is 1. The van der Waals surface area contributed by atoms with Gasteiger partial charge in [0.1, 0.15) is 11.6 Å². The summed E-state index contributed by atoms with van der Waals surface area (Å²) in [7, 11) is 0. The second-order valence-corrected chi connectivity index (χ2v) is 4.51. The predicted octanol–water partition coefficient (Wildman–Crippen LogP) is 2.45. The third-order valence-electron chi connectivity index (χ3n) is 3.69. The lowest BCUT2D eigenvalue weighted by atomic mass is 9.65. The molecule has 3 aliphatic carbocycles. The minimum Gasteiger partial charge on any atom is -0.299 e. The minimum absolute atomic E-state index is 0.132. The van der Waals surface area contributed by atoms with E-state index in [1.54, 1.807) is 6.07 Å². The number of carbonyl (C=O) groups excluding carboxylic acids is 1. The van der Waals surface area contributed by atoms with Crippen molar-refractivity contribution in [2.45, 2.75) is 24.7 Å². The topological polar surface area (TPSA) is 17.1 Å². The lowest BCUT2D eigenvalue weighted by Crippen LogP contribution is -2.33. The highest BCUT2D eigenvalue weighted by molar-refractivity contribution is 5.89. The number of halogens is 1. The Bertz CT molecular complexity index is 405. The van der Waals surface area contributed by atoms with Gasteiger partial charge in [-0.25, -0.2) is 4.39 Å². The fourth-order valence-corrected chi connectivity index (χ4v) is 2.94. The highest BCUT2D eigenvalue weighted by Gasteiger charge is 2.57. The van der Waals surface area contributed by atoms with Crippen molar-refractivity contribution in [1.82, 2.24) is 0 Å². The third-order valence-corrected chi connectivity index (χ3v) is 3.69. The van der Waals surface area contributed by atoms with Crippen LogP contribution in [0, 0.1) is 11.7 Å². The molecule has 72 valence electrons. The first-order valence-electron chi connectivity index (χ1n) is 4.99. The van der Waals surface area contributed by atoms with Crippen LogP contribution in [0.15, 0.2) is 24.3 Å². The van der Waals surface area contributed by atoms with E-state index in [0.29, 0.717) is 12.2 Å². The van der Waals surface area contributed by atoms with Crippen molar-refractivity contribution in [3.8, 4) is 0 Å².